The van der Waals surface area contributed by atoms with Gasteiger partial charge in [0.1, 0.15) is 6.17 Å². The molecule has 0 unspecified atom stereocenters. The Balaban J connectivity index is 2.25. The first-order valence-electron chi connectivity index (χ1n) is 4.76. The Bertz CT molecular complexity index is 317. The third kappa shape index (κ3) is 1.59. The second kappa shape index (κ2) is 3.63. The Morgan fingerprint density at radius 1 is 1.36 bits per heavy atom. The van der Waals surface area contributed by atoms with Gasteiger partial charge in [-0.1, -0.05) is 28.1 Å². The summed E-state index contributed by atoms with van der Waals surface area (Å²) in [4.78, 5) is 0. The molecule has 3 heteroatoms. The van der Waals surface area contributed by atoms with Crippen molar-refractivity contribution in [2.75, 3.05) is 6.54 Å². The molecular formula is C11H13BrFN. The first kappa shape index (κ1) is 10.1. The molecular weight excluding hydrogens is 245 g/mol. The van der Waals surface area contributed by atoms with Crippen LogP contribution in [0.1, 0.15) is 18.4 Å². The minimum atomic E-state index is -0.665. The van der Waals surface area contributed by atoms with Crippen molar-refractivity contribution in [3.63, 3.8) is 0 Å². The van der Waals surface area contributed by atoms with Gasteiger partial charge in [-0.25, -0.2) is 4.39 Å². The predicted octanol–water partition coefficient (Wildman–Crippen LogP) is 2.78. The molecule has 2 rings (SSSR count). The van der Waals surface area contributed by atoms with Crippen molar-refractivity contribution in [1.29, 1.82) is 0 Å². The summed E-state index contributed by atoms with van der Waals surface area (Å²) in [7, 11) is 0. The Labute approximate surface area is 91.6 Å². The van der Waals surface area contributed by atoms with E-state index in [-0.39, 0.29) is 5.41 Å². The maximum Gasteiger partial charge on any atom is 0.102 e. The van der Waals surface area contributed by atoms with E-state index in [1.807, 2.05) is 24.3 Å². The van der Waals surface area contributed by atoms with Gasteiger partial charge in [0.15, 0.2) is 0 Å². The zero-order chi connectivity index (χ0) is 10.2. The van der Waals surface area contributed by atoms with E-state index in [1.165, 1.54) is 0 Å². The van der Waals surface area contributed by atoms with Crippen LogP contribution in [0.2, 0.25) is 0 Å². The number of halogens is 2. The smallest absolute Gasteiger partial charge is 0.102 e. The van der Waals surface area contributed by atoms with E-state index in [1.54, 1.807) is 0 Å². The van der Waals surface area contributed by atoms with Gasteiger partial charge in [-0.15, -0.1) is 0 Å². The second-order valence-corrected chi connectivity index (χ2v) is 4.91. The van der Waals surface area contributed by atoms with Crippen LogP contribution in [0, 0.1) is 0 Å². The summed E-state index contributed by atoms with van der Waals surface area (Å²) in [5.41, 5.74) is 6.79. The zero-order valence-corrected chi connectivity index (χ0v) is 9.43. The lowest BCUT2D eigenvalue weighted by atomic mass is 9.63. The molecule has 2 N–H and O–H groups in total. The number of nitrogens with two attached hydrogens (primary N) is 1. The van der Waals surface area contributed by atoms with Crippen molar-refractivity contribution < 1.29 is 4.39 Å². The summed E-state index contributed by atoms with van der Waals surface area (Å²) in [6.45, 7) is 0.537. The maximum absolute atomic E-state index is 12.9. The standard InChI is InChI=1S/C11H13BrFN/c12-9-3-1-8(2-4-9)11(7-14)5-10(13)6-11/h1-4,10H,5-7,14H2. The molecule has 0 aliphatic heterocycles. The molecule has 1 aliphatic carbocycles. The fourth-order valence-electron chi connectivity index (χ4n) is 2.11. The molecule has 14 heavy (non-hydrogen) atoms. The van der Waals surface area contributed by atoms with Gasteiger partial charge in [-0.2, -0.15) is 0 Å². The van der Waals surface area contributed by atoms with E-state index in [0.29, 0.717) is 19.4 Å². The van der Waals surface area contributed by atoms with Gasteiger partial charge in [-0.3, -0.25) is 0 Å². The van der Waals surface area contributed by atoms with Crippen LogP contribution in [0.5, 0.6) is 0 Å². The Kier molecular flexibility index (Phi) is 2.62. The highest BCUT2D eigenvalue weighted by Gasteiger charge is 2.44. The topological polar surface area (TPSA) is 26.0 Å². The molecule has 1 nitrogen and oxygen atoms in total. The van der Waals surface area contributed by atoms with Crippen molar-refractivity contribution in [2.45, 2.75) is 24.4 Å². The van der Waals surface area contributed by atoms with E-state index in [9.17, 15) is 4.39 Å². The highest BCUT2D eigenvalue weighted by atomic mass is 79.9. The quantitative estimate of drug-likeness (QED) is 0.867. The number of benzene rings is 1. The van der Waals surface area contributed by atoms with Crippen molar-refractivity contribution in [3.05, 3.63) is 34.3 Å². The first-order valence-corrected chi connectivity index (χ1v) is 5.56. The summed E-state index contributed by atoms with van der Waals surface area (Å²) >= 11 is 3.38. The van der Waals surface area contributed by atoms with Crippen molar-refractivity contribution in [1.82, 2.24) is 0 Å². The molecule has 1 saturated carbocycles. The molecule has 76 valence electrons. The molecule has 0 atom stereocenters. The third-order valence-electron chi connectivity index (χ3n) is 3.07. The summed E-state index contributed by atoms with van der Waals surface area (Å²) in [5, 5.41) is 0. The lowest BCUT2D eigenvalue weighted by Gasteiger charge is -2.44. The fraction of sp³-hybridized carbons (Fsp3) is 0.455. The van der Waals surface area contributed by atoms with Crippen LogP contribution in [0.15, 0.2) is 28.7 Å². The van der Waals surface area contributed by atoms with Gasteiger partial charge < -0.3 is 5.73 Å². The molecule has 0 bridgehead atoms. The molecule has 0 heterocycles. The summed E-state index contributed by atoms with van der Waals surface area (Å²) in [6, 6.07) is 8.03. The van der Waals surface area contributed by atoms with E-state index in [4.69, 9.17) is 5.73 Å². The monoisotopic (exact) mass is 257 g/mol. The number of hydrogen-bond acceptors (Lipinski definition) is 1. The van der Waals surface area contributed by atoms with Gasteiger partial charge in [0.25, 0.3) is 0 Å². The lowest BCUT2D eigenvalue weighted by molar-refractivity contribution is 0.0997. The average Bonchev–Trinajstić information content (AvgIpc) is 2.14. The van der Waals surface area contributed by atoms with E-state index in [2.05, 4.69) is 15.9 Å². The van der Waals surface area contributed by atoms with Crippen LogP contribution in [0.4, 0.5) is 4.39 Å². The molecule has 0 aromatic heterocycles. The highest BCUT2D eigenvalue weighted by molar-refractivity contribution is 9.10. The summed E-state index contributed by atoms with van der Waals surface area (Å²) < 4.78 is 13.9. The highest BCUT2D eigenvalue weighted by Crippen LogP contribution is 2.44. The predicted molar refractivity (Wildman–Crippen MR) is 59.0 cm³/mol. The van der Waals surface area contributed by atoms with Crippen LogP contribution in [0.3, 0.4) is 0 Å². The molecule has 1 aliphatic rings. The number of alkyl halides is 1. The Morgan fingerprint density at radius 2 is 1.93 bits per heavy atom. The van der Waals surface area contributed by atoms with Gasteiger partial charge in [-0.05, 0) is 30.5 Å². The first-order chi connectivity index (χ1) is 6.66. The van der Waals surface area contributed by atoms with Gasteiger partial charge in [0.05, 0.1) is 0 Å². The summed E-state index contributed by atoms with van der Waals surface area (Å²) in [6.07, 6.45) is 0.484. The molecule has 0 amide bonds. The largest absolute Gasteiger partial charge is 0.330 e. The van der Waals surface area contributed by atoms with E-state index < -0.39 is 6.17 Å². The molecule has 0 radical (unpaired) electrons. The van der Waals surface area contributed by atoms with Crippen LogP contribution >= 0.6 is 15.9 Å². The normalized spacial score (nSPS) is 31.2. The molecule has 0 saturated heterocycles. The fourth-order valence-corrected chi connectivity index (χ4v) is 2.38. The van der Waals surface area contributed by atoms with Crippen molar-refractivity contribution in [2.24, 2.45) is 5.73 Å². The lowest BCUT2D eigenvalue weighted by Crippen LogP contribution is -2.48. The Morgan fingerprint density at radius 3 is 2.36 bits per heavy atom. The van der Waals surface area contributed by atoms with Crippen LogP contribution < -0.4 is 5.73 Å². The van der Waals surface area contributed by atoms with Gasteiger partial charge in [0, 0.05) is 16.4 Å². The van der Waals surface area contributed by atoms with Crippen molar-refractivity contribution >= 4 is 15.9 Å². The Hall–Kier alpha value is -0.410. The number of hydrogen-bond donors (Lipinski definition) is 1. The molecule has 1 fully saturated rings. The molecule has 1 aromatic carbocycles. The minimum Gasteiger partial charge on any atom is -0.330 e. The molecule has 0 spiro atoms. The minimum absolute atomic E-state index is 0.0971. The van der Waals surface area contributed by atoms with Crippen LogP contribution in [-0.2, 0) is 5.41 Å². The summed E-state index contributed by atoms with van der Waals surface area (Å²) in [5.74, 6) is 0. The van der Waals surface area contributed by atoms with Gasteiger partial charge in [0.2, 0.25) is 0 Å². The SMILES string of the molecule is NCC1(c2ccc(Br)cc2)CC(F)C1. The average molecular weight is 258 g/mol. The second-order valence-electron chi connectivity index (χ2n) is 4.00. The van der Waals surface area contributed by atoms with Crippen LogP contribution in [-0.4, -0.2) is 12.7 Å². The number of rotatable bonds is 2. The maximum atomic E-state index is 12.9. The molecule has 1 aromatic rings. The van der Waals surface area contributed by atoms with Crippen LogP contribution in [0.25, 0.3) is 0 Å². The zero-order valence-electron chi connectivity index (χ0n) is 7.84. The third-order valence-corrected chi connectivity index (χ3v) is 3.60. The van der Waals surface area contributed by atoms with E-state index >= 15 is 0 Å². The van der Waals surface area contributed by atoms with E-state index in [0.717, 1.165) is 10.0 Å². The van der Waals surface area contributed by atoms with Crippen molar-refractivity contribution in [3.8, 4) is 0 Å². The van der Waals surface area contributed by atoms with Gasteiger partial charge >= 0.3 is 0 Å².